The van der Waals surface area contributed by atoms with E-state index < -0.39 is 0 Å². The van der Waals surface area contributed by atoms with Crippen molar-refractivity contribution in [1.29, 1.82) is 0 Å². The van der Waals surface area contributed by atoms with Gasteiger partial charge in [0.05, 0.1) is 5.39 Å². The lowest BCUT2D eigenvalue weighted by Gasteiger charge is -2.20. The molecule has 0 radical (unpaired) electrons. The summed E-state index contributed by atoms with van der Waals surface area (Å²) < 4.78 is 0. The molecule has 3 heterocycles. The Kier molecular flexibility index (Phi) is 2.70. The molecule has 1 aliphatic carbocycles. The fourth-order valence-corrected chi connectivity index (χ4v) is 3.80. The van der Waals surface area contributed by atoms with E-state index in [0.717, 1.165) is 42.2 Å². The van der Waals surface area contributed by atoms with E-state index in [-0.39, 0.29) is 0 Å². The highest BCUT2D eigenvalue weighted by Crippen LogP contribution is 2.49. The van der Waals surface area contributed by atoms with Gasteiger partial charge in [0.1, 0.15) is 17.8 Å². The third kappa shape index (κ3) is 1.73. The Morgan fingerprint density at radius 3 is 2.85 bits per heavy atom. The highest BCUT2D eigenvalue weighted by atomic mass is 15.2. The number of hydrogen-bond donors (Lipinski definition) is 2. The molecule has 2 fully saturated rings. The molecule has 106 valence electrons. The molecule has 0 amide bonds. The van der Waals surface area contributed by atoms with Crippen LogP contribution in [0.5, 0.6) is 0 Å². The highest BCUT2D eigenvalue weighted by Gasteiger charge is 2.52. The van der Waals surface area contributed by atoms with Crippen LogP contribution in [0.2, 0.25) is 0 Å². The number of hydrogen-bond acceptors (Lipinski definition) is 4. The predicted molar refractivity (Wildman–Crippen MR) is 79.9 cm³/mol. The van der Waals surface area contributed by atoms with Crippen molar-refractivity contribution < 1.29 is 0 Å². The van der Waals surface area contributed by atoms with Crippen molar-refractivity contribution in [3.63, 3.8) is 0 Å². The van der Waals surface area contributed by atoms with Crippen LogP contribution in [0.4, 0.5) is 5.82 Å². The van der Waals surface area contributed by atoms with E-state index in [9.17, 15) is 0 Å². The largest absolute Gasteiger partial charge is 0.359 e. The predicted octanol–water partition coefficient (Wildman–Crippen LogP) is 1.42. The Labute approximate surface area is 118 Å². The van der Waals surface area contributed by atoms with Crippen LogP contribution >= 0.6 is 0 Å². The summed E-state index contributed by atoms with van der Waals surface area (Å²) in [6, 6.07) is 0. The summed E-state index contributed by atoms with van der Waals surface area (Å²) in [6.45, 7) is 5.69. The van der Waals surface area contributed by atoms with Gasteiger partial charge in [-0.25, -0.2) is 9.97 Å². The summed E-state index contributed by atoms with van der Waals surface area (Å²) in [6.07, 6.45) is 4.73. The van der Waals surface area contributed by atoms with Crippen LogP contribution < -0.4 is 10.2 Å². The number of piperidine rings is 1. The number of aryl methyl sites for hydroxylation is 1. The number of nitrogens with zero attached hydrogens (tertiary/aromatic N) is 3. The molecule has 2 N–H and O–H groups in total. The average Bonchev–Trinajstić information content (AvgIpc) is 2.90. The molecule has 2 aromatic heterocycles. The van der Waals surface area contributed by atoms with Gasteiger partial charge in [-0.05, 0) is 42.8 Å². The van der Waals surface area contributed by atoms with E-state index in [0.29, 0.717) is 0 Å². The normalized spacial score (nSPS) is 27.8. The van der Waals surface area contributed by atoms with Gasteiger partial charge in [-0.2, -0.15) is 0 Å². The summed E-state index contributed by atoms with van der Waals surface area (Å²) in [5, 5.41) is 4.66. The maximum Gasteiger partial charge on any atom is 0.143 e. The monoisotopic (exact) mass is 271 g/mol. The van der Waals surface area contributed by atoms with E-state index in [2.05, 4.69) is 45.3 Å². The van der Waals surface area contributed by atoms with Crippen molar-refractivity contribution in [3.05, 3.63) is 18.1 Å². The van der Waals surface area contributed by atoms with E-state index >= 15 is 0 Å². The molecule has 0 spiro atoms. The van der Waals surface area contributed by atoms with Crippen LogP contribution in [0, 0.1) is 17.8 Å². The molecule has 2 aromatic rings. The SMILES string of the molecule is CCc1c[nH]c2ncnc(N(C)CC3[C@H]4CNC[C@@H]34)c12. The van der Waals surface area contributed by atoms with Gasteiger partial charge >= 0.3 is 0 Å². The van der Waals surface area contributed by atoms with Crippen molar-refractivity contribution in [3.8, 4) is 0 Å². The van der Waals surface area contributed by atoms with Crippen LogP contribution in [0.3, 0.4) is 0 Å². The van der Waals surface area contributed by atoms with E-state index in [1.54, 1.807) is 6.33 Å². The van der Waals surface area contributed by atoms with Gasteiger partial charge in [0.2, 0.25) is 0 Å². The van der Waals surface area contributed by atoms with Crippen molar-refractivity contribution in [2.45, 2.75) is 13.3 Å². The first-order valence-corrected chi connectivity index (χ1v) is 7.52. The molecule has 1 unspecified atom stereocenters. The molecule has 1 aliphatic heterocycles. The smallest absolute Gasteiger partial charge is 0.143 e. The minimum atomic E-state index is 0.843. The van der Waals surface area contributed by atoms with E-state index in [1.165, 1.54) is 24.0 Å². The second-order valence-electron chi connectivity index (χ2n) is 6.12. The first-order chi connectivity index (χ1) is 9.79. The number of fused-ring (bicyclic) bond motifs is 2. The fourth-order valence-electron chi connectivity index (χ4n) is 3.80. The van der Waals surface area contributed by atoms with Crippen molar-refractivity contribution >= 4 is 16.9 Å². The zero-order valence-electron chi connectivity index (χ0n) is 12.1. The van der Waals surface area contributed by atoms with Gasteiger partial charge in [-0.3, -0.25) is 0 Å². The molecule has 20 heavy (non-hydrogen) atoms. The molecule has 4 rings (SSSR count). The minimum absolute atomic E-state index is 0.843. The first kappa shape index (κ1) is 12.1. The third-order valence-corrected chi connectivity index (χ3v) is 5.03. The minimum Gasteiger partial charge on any atom is -0.359 e. The van der Waals surface area contributed by atoms with Gasteiger partial charge in [0.25, 0.3) is 0 Å². The molecule has 3 atom stereocenters. The summed E-state index contributed by atoms with van der Waals surface area (Å²) in [7, 11) is 2.16. The van der Waals surface area contributed by atoms with Gasteiger partial charge < -0.3 is 15.2 Å². The summed E-state index contributed by atoms with van der Waals surface area (Å²) >= 11 is 0. The molecular weight excluding hydrogens is 250 g/mol. The lowest BCUT2D eigenvalue weighted by atomic mass is 10.1. The Hall–Kier alpha value is -1.62. The Bertz CT molecular complexity index is 624. The third-order valence-electron chi connectivity index (χ3n) is 5.03. The van der Waals surface area contributed by atoms with Gasteiger partial charge in [0.15, 0.2) is 0 Å². The molecule has 2 aliphatic rings. The van der Waals surface area contributed by atoms with Gasteiger partial charge in [-0.15, -0.1) is 0 Å². The van der Waals surface area contributed by atoms with Crippen LogP contribution in [0.25, 0.3) is 11.0 Å². The number of nitrogens with one attached hydrogen (secondary N) is 2. The van der Waals surface area contributed by atoms with E-state index in [4.69, 9.17) is 0 Å². The standard InChI is InChI=1S/C15H21N5/c1-3-9-4-17-14-13(9)15(19-8-18-14)20(2)7-12-10-5-16-6-11(10)12/h4,8,10-12,16H,3,5-7H2,1-2H3,(H,17,18,19)/t10-,11+,12?. The highest BCUT2D eigenvalue weighted by molar-refractivity contribution is 5.90. The second kappa shape index (κ2) is 4.45. The number of aromatic nitrogens is 3. The van der Waals surface area contributed by atoms with Crippen molar-refractivity contribution in [2.75, 3.05) is 31.6 Å². The number of aromatic amines is 1. The van der Waals surface area contributed by atoms with Gasteiger partial charge in [0, 0.05) is 19.8 Å². The number of rotatable bonds is 4. The summed E-state index contributed by atoms with van der Waals surface area (Å²) in [5.41, 5.74) is 2.26. The topological polar surface area (TPSA) is 56.8 Å². The molecule has 0 aromatic carbocycles. The zero-order valence-corrected chi connectivity index (χ0v) is 12.1. The lowest BCUT2D eigenvalue weighted by Crippen LogP contribution is -2.26. The first-order valence-electron chi connectivity index (χ1n) is 7.52. The van der Waals surface area contributed by atoms with Crippen molar-refractivity contribution in [2.24, 2.45) is 17.8 Å². The van der Waals surface area contributed by atoms with Crippen molar-refractivity contribution in [1.82, 2.24) is 20.3 Å². The van der Waals surface area contributed by atoms with Crippen LogP contribution in [0.15, 0.2) is 12.5 Å². The van der Waals surface area contributed by atoms with E-state index in [1.807, 2.05) is 0 Å². The molecular formula is C15H21N5. The van der Waals surface area contributed by atoms with Crippen LogP contribution in [0.1, 0.15) is 12.5 Å². The molecule has 0 bridgehead atoms. The fraction of sp³-hybridized carbons (Fsp3) is 0.600. The number of H-pyrrole nitrogens is 1. The number of anilines is 1. The lowest BCUT2D eigenvalue weighted by molar-refractivity contribution is 0.591. The summed E-state index contributed by atoms with van der Waals surface area (Å²) in [4.78, 5) is 14.5. The Morgan fingerprint density at radius 2 is 2.10 bits per heavy atom. The zero-order chi connectivity index (χ0) is 13.7. The Morgan fingerprint density at radius 1 is 1.30 bits per heavy atom. The maximum absolute atomic E-state index is 4.54. The molecule has 5 heteroatoms. The van der Waals surface area contributed by atoms with Gasteiger partial charge in [-0.1, -0.05) is 6.92 Å². The average molecular weight is 271 g/mol. The second-order valence-corrected chi connectivity index (χ2v) is 6.12. The quantitative estimate of drug-likeness (QED) is 0.883. The van der Waals surface area contributed by atoms with Crippen LogP contribution in [-0.2, 0) is 6.42 Å². The summed E-state index contributed by atoms with van der Waals surface area (Å²) in [5.74, 6) is 3.71. The Balaban J connectivity index is 1.62. The molecule has 1 saturated heterocycles. The maximum atomic E-state index is 4.54. The molecule has 5 nitrogen and oxygen atoms in total. The molecule has 1 saturated carbocycles. The van der Waals surface area contributed by atoms with Crippen LogP contribution in [-0.4, -0.2) is 41.6 Å².